The molecule has 0 saturated heterocycles. The lowest BCUT2D eigenvalue weighted by molar-refractivity contribution is 0.660. The number of rotatable bonds is 7. The van der Waals surface area contributed by atoms with Crippen molar-refractivity contribution < 1.29 is 4.42 Å². The summed E-state index contributed by atoms with van der Waals surface area (Å²) in [6.07, 6.45) is 0. The molecular weight excluding hydrogens is 763 g/mol. The predicted molar refractivity (Wildman–Crippen MR) is 265 cm³/mol. The molecule has 1 aromatic heterocycles. The summed E-state index contributed by atoms with van der Waals surface area (Å²) >= 11 is 0. The minimum absolute atomic E-state index is 0.105. The van der Waals surface area contributed by atoms with Crippen LogP contribution in [-0.2, 0) is 5.41 Å². The Hall–Kier alpha value is -7.94. The van der Waals surface area contributed by atoms with Gasteiger partial charge in [-0.2, -0.15) is 0 Å². The molecule has 12 rings (SSSR count). The Balaban J connectivity index is 0.954. The predicted octanol–water partition coefficient (Wildman–Crippen LogP) is 17.2. The van der Waals surface area contributed by atoms with E-state index in [2.05, 4.69) is 243 Å². The summed E-state index contributed by atoms with van der Waals surface area (Å²) in [4.78, 5) is 2.40. The molecule has 298 valence electrons. The van der Waals surface area contributed by atoms with Gasteiger partial charge in [0.05, 0.1) is 0 Å². The number of anilines is 3. The number of nitrogens with zero attached hydrogens (tertiary/aromatic N) is 1. The van der Waals surface area contributed by atoms with Crippen LogP contribution in [-0.4, -0.2) is 0 Å². The molecule has 1 heterocycles. The Kier molecular flexibility index (Phi) is 8.55. The Morgan fingerprint density at radius 2 is 0.810 bits per heavy atom. The van der Waals surface area contributed by atoms with E-state index in [0.717, 1.165) is 61.1 Å². The lowest BCUT2D eigenvalue weighted by Crippen LogP contribution is -2.16. The minimum atomic E-state index is -0.105. The first-order chi connectivity index (χ1) is 31.0. The summed E-state index contributed by atoms with van der Waals surface area (Å²) in [5, 5.41) is 4.58. The Bertz CT molecular complexity index is 3490. The van der Waals surface area contributed by atoms with Gasteiger partial charge in [-0.05, 0) is 109 Å². The van der Waals surface area contributed by atoms with Gasteiger partial charge in [-0.15, -0.1) is 0 Å². The molecule has 1 aliphatic carbocycles. The summed E-state index contributed by atoms with van der Waals surface area (Å²) < 4.78 is 6.67. The van der Waals surface area contributed by atoms with Crippen LogP contribution in [0.4, 0.5) is 17.1 Å². The highest BCUT2D eigenvalue weighted by Gasteiger charge is 2.35. The standard InChI is InChI=1S/C61H43NO/c1-61(2)54-23-13-11-19-49(54)50-38-37-48(39-55(50)61)62(46-33-29-42(30-34-46)40-15-5-3-6-16-40)47-35-31-43(32-36-47)41-25-27-45(28-26-41)58-57(44-17-7-4-8-18-44)51-20-9-10-21-52(51)60-59(58)53-22-12-14-24-56(53)63-60/h3-39H,1-2H3. The van der Waals surface area contributed by atoms with E-state index in [4.69, 9.17) is 4.42 Å². The topological polar surface area (TPSA) is 16.4 Å². The molecule has 0 amide bonds. The third kappa shape index (κ3) is 6.02. The minimum Gasteiger partial charge on any atom is -0.455 e. The molecule has 0 spiro atoms. The van der Waals surface area contributed by atoms with Crippen molar-refractivity contribution in [2.75, 3.05) is 4.90 Å². The lowest BCUT2D eigenvalue weighted by atomic mass is 9.82. The summed E-state index contributed by atoms with van der Waals surface area (Å²) in [6, 6.07) is 81.4. The van der Waals surface area contributed by atoms with Crippen molar-refractivity contribution in [1.29, 1.82) is 0 Å². The third-order valence-corrected chi connectivity index (χ3v) is 13.3. The average molecular weight is 806 g/mol. The van der Waals surface area contributed by atoms with Gasteiger partial charge in [0.1, 0.15) is 11.2 Å². The number of fused-ring (bicyclic) bond motifs is 8. The molecule has 0 unspecified atom stereocenters. The second-order valence-corrected chi connectivity index (χ2v) is 17.2. The van der Waals surface area contributed by atoms with Crippen LogP contribution in [0.3, 0.4) is 0 Å². The van der Waals surface area contributed by atoms with Crippen molar-refractivity contribution in [3.05, 3.63) is 236 Å². The van der Waals surface area contributed by atoms with E-state index < -0.39 is 0 Å². The normalized spacial score (nSPS) is 12.7. The van der Waals surface area contributed by atoms with Crippen LogP contribution in [0.1, 0.15) is 25.0 Å². The SMILES string of the molecule is CC1(C)c2ccccc2-c2ccc(N(c3ccc(-c4ccccc4)cc3)c3ccc(-c4ccc(-c5c(-c6ccccc6)c6ccccc6c6oc7ccccc7c56)cc4)cc3)cc21. The average Bonchev–Trinajstić information content (AvgIpc) is 3.84. The fourth-order valence-corrected chi connectivity index (χ4v) is 10.2. The highest BCUT2D eigenvalue weighted by molar-refractivity contribution is 6.26. The molecular formula is C61H43NO. The van der Waals surface area contributed by atoms with Crippen molar-refractivity contribution in [2.45, 2.75) is 19.3 Å². The van der Waals surface area contributed by atoms with Crippen LogP contribution >= 0.6 is 0 Å². The largest absolute Gasteiger partial charge is 0.455 e. The summed E-state index contributed by atoms with van der Waals surface area (Å²) in [6.45, 7) is 4.70. The summed E-state index contributed by atoms with van der Waals surface area (Å²) in [5.41, 5.74) is 20.0. The number of benzene rings is 10. The molecule has 0 fully saturated rings. The zero-order valence-corrected chi connectivity index (χ0v) is 35.2. The first kappa shape index (κ1) is 36.9. The van der Waals surface area contributed by atoms with Crippen molar-refractivity contribution in [1.82, 2.24) is 0 Å². The van der Waals surface area contributed by atoms with Crippen LogP contribution in [0.2, 0.25) is 0 Å². The van der Waals surface area contributed by atoms with E-state index in [9.17, 15) is 0 Å². The van der Waals surface area contributed by atoms with Gasteiger partial charge in [0, 0.05) is 44.2 Å². The third-order valence-electron chi connectivity index (χ3n) is 13.3. The van der Waals surface area contributed by atoms with Crippen LogP contribution in [0.15, 0.2) is 229 Å². The molecule has 0 radical (unpaired) electrons. The van der Waals surface area contributed by atoms with Gasteiger partial charge < -0.3 is 9.32 Å². The Labute approximate surface area is 368 Å². The van der Waals surface area contributed by atoms with E-state index in [0.29, 0.717) is 0 Å². The molecule has 0 N–H and O–H groups in total. The molecule has 0 atom stereocenters. The number of hydrogen-bond donors (Lipinski definition) is 0. The maximum atomic E-state index is 6.67. The fourth-order valence-electron chi connectivity index (χ4n) is 10.2. The van der Waals surface area contributed by atoms with Crippen LogP contribution in [0, 0.1) is 0 Å². The highest BCUT2D eigenvalue weighted by Crippen LogP contribution is 2.51. The molecule has 2 heteroatoms. The molecule has 11 aromatic rings. The first-order valence-electron chi connectivity index (χ1n) is 21.8. The zero-order valence-electron chi connectivity index (χ0n) is 35.2. The highest BCUT2D eigenvalue weighted by atomic mass is 16.3. The van der Waals surface area contributed by atoms with Gasteiger partial charge >= 0.3 is 0 Å². The first-order valence-corrected chi connectivity index (χ1v) is 21.8. The number of para-hydroxylation sites is 1. The van der Waals surface area contributed by atoms with Crippen LogP contribution < -0.4 is 4.90 Å². The van der Waals surface area contributed by atoms with E-state index in [1.54, 1.807) is 0 Å². The smallest absolute Gasteiger partial charge is 0.143 e. The molecule has 2 nitrogen and oxygen atoms in total. The lowest BCUT2D eigenvalue weighted by Gasteiger charge is -2.28. The van der Waals surface area contributed by atoms with Crippen molar-refractivity contribution in [3.63, 3.8) is 0 Å². The van der Waals surface area contributed by atoms with Gasteiger partial charge in [-0.25, -0.2) is 0 Å². The molecule has 0 saturated carbocycles. The van der Waals surface area contributed by atoms with Crippen molar-refractivity contribution >= 4 is 49.8 Å². The van der Waals surface area contributed by atoms with Gasteiger partial charge in [0.2, 0.25) is 0 Å². The molecule has 63 heavy (non-hydrogen) atoms. The fraction of sp³-hybridized carbons (Fsp3) is 0.0492. The number of furan rings is 1. The molecule has 10 aromatic carbocycles. The van der Waals surface area contributed by atoms with E-state index >= 15 is 0 Å². The van der Waals surface area contributed by atoms with Gasteiger partial charge in [0.25, 0.3) is 0 Å². The van der Waals surface area contributed by atoms with Crippen LogP contribution in [0.25, 0.3) is 88.3 Å². The molecule has 0 bridgehead atoms. The monoisotopic (exact) mass is 805 g/mol. The van der Waals surface area contributed by atoms with Crippen molar-refractivity contribution in [3.8, 4) is 55.6 Å². The van der Waals surface area contributed by atoms with E-state index in [1.165, 1.54) is 55.5 Å². The summed E-state index contributed by atoms with van der Waals surface area (Å²) in [5.74, 6) is 0. The number of hydrogen-bond acceptors (Lipinski definition) is 2. The Morgan fingerprint density at radius 3 is 1.48 bits per heavy atom. The maximum Gasteiger partial charge on any atom is 0.143 e. The Morgan fingerprint density at radius 1 is 0.349 bits per heavy atom. The van der Waals surface area contributed by atoms with Crippen molar-refractivity contribution in [2.24, 2.45) is 0 Å². The second-order valence-electron chi connectivity index (χ2n) is 17.2. The maximum absolute atomic E-state index is 6.67. The molecule has 0 aliphatic heterocycles. The van der Waals surface area contributed by atoms with E-state index in [-0.39, 0.29) is 5.41 Å². The summed E-state index contributed by atoms with van der Waals surface area (Å²) in [7, 11) is 0. The quantitative estimate of drug-likeness (QED) is 0.160. The molecule has 1 aliphatic rings. The van der Waals surface area contributed by atoms with Gasteiger partial charge in [0.15, 0.2) is 0 Å². The van der Waals surface area contributed by atoms with E-state index in [1.807, 2.05) is 0 Å². The van der Waals surface area contributed by atoms with Gasteiger partial charge in [-0.3, -0.25) is 0 Å². The van der Waals surface area contributed by atoms with Gasteiger partial charge in [-0.1, -0.05) is 196 Å². The van der Waals surface area contributed by atoms with Crippen LogP contribution in [0.5, 0.6) is 0 Å². The zero-order chi connectivity index (χ0) is 42.1. The second kappa shape index (κ2) is 14.6.